The van der Waals surface area contributed by atoms with Crippen LogP contribution in [0, 0.1) is 5.92 Å². The van der Waals surface area contributed by atoms with Crippen LogP contribution in [0.5, 0.6) is 5.88 Å². The highest BCUT2D eigenvalue weighted by molar-refractivity contribution is 5.69. The number of halogens is 3. The lowest BCUT2D eigenvalue weighted by Crippen LogP contribution is -2.27. The third-order valence-electron chi connectivity index (χ3n) is 2.57. The highest BCUT2D eigenvalue weighted by Gasteiger charge is 2.57. The number of nitrogens with zero attached hydrogens (tertiary/aromatic N) is 2. The summed E-state index contributed by atoms with van der Waals surface area (Å²) >= 11 is 0. The summed E-state index contributed by atoms with van der Waals surface area (Å²) in [6.45, 7) is 5.10. The number of carbonyl (C=O) groups excluding carboxylic acids is 1. The van der Waals surface area contributed by atoms with E-state index in [0.29, 0.717) is 0 Å². The van der Waals surface area contributed by atoms with Crippen LogP contribution in [0.4, 0.5) is 18.0 Å². The molecule has 1 aliphatic rings. The Hall–Kier alpha value is -1.73. The lowest BCUT2D eigenvalue weighted by atomic mass is 10.2. The Bertz CT molecular complexity index is 505. The molecule has 0 aromatic carbocycles. The minimum absolute atomic E-state index is 0.0207. The van der Waals surface area contributed by atoms with Crippen molar-refractivity contribution >= 4 is 6.09 Å². The van der Waals surface area contributed by atoms with Gasteiger partial charge in [-0.2, -0.15) is 17.9 Å². The number of carbonyl (C=O) groups is 1. The highest BCUT2D eigenvalue weighted by atomic mass is 19.4. The topological polar surface area (TPSA) is 53.4 Å². The fourth-order valence-electron chi connectivity index (χ4n) is 1.58. The van der Waals surface area contributed by atoms with Gasteiger partial charge >= 0.3 is 12.3 Å². The van der Waals surface area contributed by atoms with Gasteiger partial charge in [-0.15, -0.1) is 5.10 Å². The number of aromatic nitrogens is 2. The third-order valence-corrected chi connectivity index (χ3v) is 2.57. The Balaban J connectivity index is 1.92. The fourth-order valence-corrected chi connectivity index (χ4v) is 1.58. The molecule has 2 rings (SSSR count). The first-order valence-electron chi connectivity index (χ1n) is 6.09. The first-order valence-corrected chi connectivity index (χ1v) is 6.09. The molecule has 20 heavy (non-hydrogen) atoms. The van der Waals surface area contributed by atoms with E-state index in [1.807, 2.05) is 0 Å². The van der Waals surface area contributed by atoms with Gasteiger partial charge in [-0.3, -0.25) is 0 Å². The molecule has 2 atom stereocenters. The maximum absolute atomic E-state index is 12.3. The van der Waals surface area contributed by atoms with Crippen molar-refractivity contribution in [2.24, 2.45) is 5.92 Å². The maximum Gasteiger partial charge on any atom is 0.435 e. The van der Waals surface area contributed by atoms with Gasteiger partial charge in [0.1, 0.15) is 11.7 Å². The Kier molecular flexibility index (Phi) is 3.43. The minimum atomic E-state index is -4.25. The second kappa shape index (κ2) is 4.68. The number of rotatable bonds is 2. The van der Waals surface area contributed by atoms with Gasteiger partial charge in [0.15, 0.2) is 0 Å². The molecule has 0 N–H and O–H groups in total. The molecule has 1 fully saturated rings. The average Bonchev–Trinajstić information content (AvgIpc) is 2.84. The lowest BCUT2D eigenvalue weighted by molar-refractivity contribution is -0.153. The van der Waals surface area contributed by atoms with E-state index in [2.05, 4.69) is 5.10 Å². The molecular weight excluding hydrogens is 277 g/mol. The van der Waals surface area contributed by atoms with E-state index in [-0.39, 0.29) is 12.3 Å². The second-order valence-electron chi connectivity index (χ2n) is 5.62. The Morgan fingerprint density at radius 3 is 2.55 bits per heavy atom. The molecule has 8 heteroatoms. The van der Waals surface area contributed by atoms with Crippen LogP contribution >= 0.6 is 0 Å². The van der Waals surface area contributed by atoms with Crippen LogP contribution in [0.15, 0.2) is 12.3 Å². The van der Waals surface area contributed by atoms with Gasteiger partial charge in [0.2, 0.25) is 5.88 Å². The molecule has 1 aromatic heterocycles. The van der Waals surface area contributed by atoms with Gasteiger partial charge in [0.25, 0.3) is 0 Å². The third kappa shape index (κ3) is 3.64. The van der Waals surface area contributed by atoms with Gasteiger partial charge < -0.3 is 9.47 Å². The van der Waals surface area contributed by atoms with Crippen molar-refractivity contribution in [3.05, 3.63) is 12.3 Å². The molecule has 1 aromatic rings. The normalized spacial score (nSPS) is 22.5. The molecule has 0 radical (unpaired) electrons. The van der Waals surface area contributed by atoms with Gasteiger partial charge in [0, 0.05) is 12.3 Å². The van der Waals surface area contributed by atoms with Crippen molar-refractivity contribution in [1.82, 2.24) is 9.78 Å². The van der Waals surface area contributed by atoms with E-state index in [4.69, 9.17) is 9.47 Å². The first-order chi connectivity index (χ1) is 9.06. The highest BCUT2D eigenvalue weighted by Crippen LogP contribution is 2.46. The smallest absolute Gasteiger partial charge is 0.435 e. The van der Waals surface area contributed by atoms with Gasteiger partial charge in [0.05, 0.1) is 5.92 Å². The molecule has 0 spiro atoms. The molecule has 5 nitrogen and oxygen atoms in total. The van der Waals surface area contributed by atoms with Crippen molar-refractivity contribution in [2.75, 3.05) is 0 Å². The number of ether oxygens (including phenoxy) is 2. The predicted octanol–water partition coefficient (Wildman–Crippen LogP) is 3.00. The molecular formula is C12H15F3N2O3. The molecule has 0 saturated heterocycles. The molecule has 1 aliphatic carbocycles. The Morgan fingerprint density at radius 1 is 1.40 bits per heavy atom. The monoisotopic (exact) mass is 292 g/mol. The number of alkyl halides is 3. The van der Waals surface area contributed by atoms with Gasteiger partial charge in [-0.05, 0) is 27.2 Å². The van der Waals surface area contributed by atoms with Crippen LogP contribution in [0.25, 0.3) is 0 Å². The quantitative estimate of drug-likeness (QED) is 0.841. The molecule has 0 bridgehead atoms. The van der Waals surface area contributed by atoms with Crippen LogP contribution in [0.3, 0.4) is 0 Å². The van der Waals surface area contributed by atoms with Crippen LogP contribution < -0.4 is 4.74 Å². The summed E-state index contributed by atoms with van der Waals surface area (Å²) in [5.41, 5.74) is -0.679. The standard InChI is InChI=1S/C12H15F3N2O3/c1-11(2,3)20-10(18)17-5-4-9(16-17)19-8-6-7(8)12(13,14)15/h4-5,7-8H,6H2,1-3H3/t7?,8-/m1/s1. The molecule has 112 valence electrons. The molecule has 0 aliphatic heterocycles. The van der Waals surface area contributed by atoms with E-state index in [9.17, 15) is 18.0 Å². The largest absolute Gasteiger partial charge is 0.473 e. The van der Waals surface area contributed by atoms with Crippen LogP contribution in [0.2, 0.25) is 0 Å². The Morgan fingerprint density at radius 2 is 2.05 bits per heavy atom. The summed E-state index contributed by atoms with van der Waals surface area (Å²) in [5, 5.41) is 3.74. The van der Waals surface area contributed by atoms with Crippen molar-refractivity contribution < 1.29 is 27.4 Å². The SMILES string of the molecule is CC(C)(C)OC(=O)n1ccc(O[C@@H]2CC2C(F)(F)F)n1. The van der Waals surface area contributed by atoms with Crippen molar-refractivity contribution in [1.29, 1.82) is 0 Å². The van der Waals surface area contributed by atoms with E-state index in [1.54, 1.807) is 20.8 Å². The molecule has 0 amide bonds. The summed E-state index contributed by atoms with van der Waals surface area (Å²) in [4.78, 5) is 11.6. The molecule has 1 heterocycles. The molecule has 1 saturated carbocycles. The van der Waals surface area contributed by atoms with E-state index in [1.165, 1.54) is 12.3 Å². The number of hydrogen-bond donors (Lipinski definition) is 0. The second-order valence-corrected chi connectivity index (χ2v) is 5.62. The molecule has 1 unspecified atom stereocenters. The predicted molar refractivity (Wildman–Crippen MR) is 62.4 cm³/mol. The van der Waals surface area contributed by atoms with E-state index in [0.717, 1.165) is 4.68 Å². The van der Waals surface area contributed by atoms with Crippen molar-refractivity contribution in [3.63, 3.8) is 0 Å². The summed E-state index contributed by atoms with van der Waals surface area (Å²) in [5.74, 6) is -1.47. The van der Waals surface area contributed by atoms with Crippen LogP contribution in [-0.2, 0) is 4.74 Å². The number of hydrogen-bond acceptors (Lipinski definition) is 4. The maximum atomic E-state index is 12.3. The average molecular weight is 292 g/mol. The van der Waals surface area contributed by atoms with Gasteiger partial charge in [-0.25, -0.2) is 4.79 Å². The van der Waals surface area contributed by atoms with Crippen LogP contribution in [-0.4, -0.2) is 33.8 Å². The van der Waals surface area contributed by atoms with Crippen LogP contribution in [0.1, 0.15) is 27.2 Å². The zero-order valence-corrected chi connectivity index (χ0v) is 11.3. The zero-order valence-electron chi connectivity index (χ0n) is 11.3. The lowest BCUT2D eigenvalue weighted by Gasteiger charge is -2.18. The van der Waals surface area contributed by atoms with Crippen molar-refractivity contribution in [3.8, 4) is 5.88 Å². The Labute approximate surface area is 113 Å². The van der Waals surface area contributed by atoms with Crippen molar-refractivity contribution in [2.45, 2.75) is 45.1 Å². The van der Waals surface area contributed by atoms with Gasteiger partial charge in [-0.1, -0.05) is 0 Å². The summed E-state index contributed by atoms with van der Waals surface area (Å²) in [6.07, 6.45) is -4.68. The fraction of sp³-hybridized carbons (Fsp3) is 0.667. The van der Waals surface area contributed by atoms with E-state index < -0.39 is 29.9 Å². The summed E-state index contributed by atoms with van der Waals surface area (Å²) < 4.78 is 48.0. The summed E-state index contributed by atoms with van der Waals surface area (Å²) in [7, 11) is 0. The summed E-state index contributed by atoms with van der Waals surface area (Å²) in [6, 6.07) is 1.33. The van der Waals surface area contributed by atoms with E-state index >= 15 is 0 Å². The first kappa shape index (κ1) is 14.7. The zero-order chi connectivity index (χ0) is 15.1. The minimum Gasteiger partial charge on any atom is -0.473 e.